The minimum Gasteiger partial charge on any atom is -0.305 e. The minimum atomic E-state index is -0.362. The quantitative estimate of drug-likeness (QED) is 0.726. The van der Waals surface area contributed by atoms with Gasteiger partial charge in [0.15, 0.2) is 0 Å². The average Bonchev–Trinajstić information content (AvgIpc) is 2.08. The van der Waals surface area contributed by atoms with Gasteiger partial charge in [-0.2, -0.15) is 0 Å². The van der Waals surface area contributed by atoms with E-state index in [0.717, 1.165) is 11.1 Å². The lowest BCUT2D eigenvalue weighted by atomic mass is 9.97. The Kier molecular flexibility index (Phi) is 3.64. The molecule has 1 nitrogen and oxygen atoms in total. The van der Waals surface area contributed by atoms with Crippen molar-refractivity contribution in [3.63, 3.8) is 0 Å². The van der Waals surface area contributed by atoms with Gasteiger partial charge in [-0.3, -0.25) is 0 Å². The van der Waals surface area contributed by atoms with Crippen LogP contribution in [0, 0.1) is 11.2 Å². The van der Waals surface area contributed by atoms with Crippen LogP contribution in [0.15, 0.2) is 23.8 Å². The van der Waals surface area contributed by atoms with Gasteiger partial charge in [-0.25, -0.2) is 4.39 Å². The van der Waals surface area contributed by atoms with E-state index in [9.17, 15) is 4.39 Å². The third-order valence-electron chi connectivity index (χ3n) is 2.08. The number of hydrogen-bond acceptors (Lipinski definition) is 1. The third kappa shape index (κ3) is 2.66. The molecule has 0 aliphatic carbocycles. The van der Waals surface area contributed by atoms with Crippen LogP contribution in [0.2, 0.25) is 5.02 Å². The van der Waals surface area contributed by atoms with Crippen molar-refractivity contribution in [1.82, 2.24) is 0 Å². The number of rotatable bonds is 2. The van der Waals surface area contributed by atoms with Crippen LogP contribution in [0.25, 0.3) is 5.57 Å². The van der Waals surface area contributed by atoms with Gasteiger partial charge in [0.1, 0.15) is 5.82 Å². The molecule has 1 aromatic carbocycles. The van der Waals surface area contributed by atoms with Gasteiger partial charge in [-0.05, 0) is 39.0 Å². The highest BCUT2D eigenvalue weighted by atomic mass is 35.5. The molecular weight excluding hydrogens is 213 g/mol. The molecule has 0 atom stereocenters. The Balaban J connectivity index is 3.38. The fourth-order valence-corrected chi connectivity index (χ4v) is 1.80. The molecule has 0 aliphatic rings. The van der Waals surface area contributed by atoms with E-state index in [-0.39, 0.29) is 5.82 Å². The van der Waals surface area contributed by atoms with Gasteiger partial charge in [0.05, 0.1) is 5.02 Å². The Morgan fingerprint density at radius 3 is 2.27 bits per heavy atom. The molecule has 0 fully saturated rings. The van der Waals surface area contributed by atoms with Crippen LogP contribution >= 0.6 is 11.6 Å². The smallest absolute Gasteiger partial charge is 0.124 e. The van der Waals surface area contributed by atoms with Crippen molar-refractivity contribution in [2.75, 3.05) is 0 Å². The van der Waals surface area contributed by atoms with Crippen molar-refractivity contribution < 1.29 is 4.39 Å². The largest absolute Gasteiger partial charge is 0.305 e. The van der Waals surface area contributed by atoms with Crippen molar-refractivity contribution >= 4 is 22.9 Å². The van der Waals surface area contributed by atoms with E-state index in [4.69, 9.17) is 17.0 Å². The summed E-state index contributed by atoms with van der Waals surface area (Å²) < 4.78 is 12.9. The van der Waals surface area contributed by atoms with Crippen molar-refractivity contribution in [1.29, 1.82) is 5.41 Å². The summed E-state index contributed by atoms with van der Waals surface area (Å²) in [4.78, 5) is 0. The second-order valence-corrected chi connectivity index (χ2v) is 4.03. The Morgan fingerprint density at radius 1 is 1.27 bits per heavy atom. The molecule has 0 bridgehead atoms. The van der Waals surface area contributed by atoms with Crippen LogP contribution in [0.1, 0.15) is 26.3 Å². The predicted octanol–water partition coefficient (Wildman–Crippen LogP) is 4.31. The molecule has 0 saturated heterocycles. The molecule has 0 unspecified atom stereocenters. The molecule has 0 aliphatic heterocycles. The first-order valence-electron chi connectivity index (χ1n) is 4.62. The monoisotopic (exact) mass is 225 g/mol. The Bertz CT molecular complexity index is 431. The lowest BCUT2D eigenvalue weighted by Crippen LogP contribution is -1.98. The first kappa shape index (κ1) is 11.9. The van der Waals surface area contributed by atoms with Crippen LogP contribution in [-0.2, 0) is 0 Å². The van der Waals surface area contributed by atoms with Gasteiger partial charge in [0.25, 0.3) is 0 Å². The van der Waals surface area contributed by atoms with E-state index < -0.39 is 0 Å². The zero-order valence-electron chi connectivity index (χ0n) is 8.99. The zero-order chi connectivity index (χ0) is 11.6. The van der Waals surface area contributed by atoms with Gasteiger partial charge in [-0.1, -0.05) is 17.2 Å². The second-order valence-electron chi connectivity index (χ2n) is 3.62. The average molecular weight is 226 g/mol. The lowest BCUT2D eigenvalue weighted by Gasteiger charge is -2.10. The molecule has 15 heavy (non-hydrogen) atoms. The molecule has 3 heteroatoms. The molecule has 0 aromatic heterocycles. The topological polar surface area (TPSA) is 23.9 Å². The van der Waals surface area contributed by atoms with Gasteiger partial charge < -0.3 is 5.41 Å². The summed E-state index contributed by atoms with van der Waals surface area (Å²) in [5.41, 5.74) is 2.92. The fourth-order valence-electron chi connectivity index (χ4n) is 1.54. The van der Waals surface area contributed by atoms with Crippen LogP contribution in [0.5, 0.6) is 0 Å². The van der Waals surface area contributed by atoms with E-state index in [1.807, 2.05) is 13.8 Å². The fraction of sp³-hybridized carbons (Fsp3) is 0.250. The van der Waals surface area contributed by atoms with Crippen molar-refractivity contribution in [3.8, 4) is 0 Å². The van der Waals surface area contributed by atoms with Gasteiger partial charge in [-0.15, -0.1) is 0 Å². The Hall–Kier alpha value is -1.15. The number of benzene rings is 1. The summed E-state index contributed by atoms with van der Waals surface area (Å²) in [6.45, 7) is 5.52. The highest BCUT2D eigenvalue weighted by molar-refractivity contribution is 6.35. The second kappa shape index (κ2) is 4.58. The van der Waals surface area contributed by atoms with Crippen molar-refractivity contribution in [2.45, 2.75) is 20.8 Å². The summed E-state index contributed by atoms with van der Waals surface area (Å²) in [6, 6.07) is 4.23. The standard InChI is InChI=1S/C12H13ClFN/c1-7(2)12(8(3)15)10-5-4-9(14)6-11(10)13/h4-6,15H,1-3H3. The first-order valence-corrected chi connectivity index (χ1v) is 4.99. The molecule has 80 valence electrons. The van der Waals surface area contributed by atoms with E-state index in [2.05, 4.69) is 0 Å². The highest BCUT2D eigenvalue weighted by Gasteiger charge is 2.10. The molecule has 0 radical (unpaired) electrons. The van der Waals surface area contributed by atoms with Crippen LogP contribution in [0.3, 0.4) is 0 Å². The minimum absolute atomic E-state index is 0.345. The predicted molar refractivity (Wildman–Crippen MR) is 63.1 cm³/mol. The summed E-state index contributed by atoms with van der Waals surface area (Å²) >= 11 is 5.94. The molecule has 0 heterocycles. The molecule has 0 saturated carbocycles. The molecular formula is C12H13ClFN. The number of nitrogens with one attached hydrogen (secondary N) is 1. The highest BCUT2D eigenvalue weighted by Crippen LogP contribution is 2.27. The van der Waals surface area contributed by atoms with Crippen LogP contribution < -0.4 is 0 Å². The van der Waals surface area contributed by atoms with E-state index in [1.54, 1.807) is 13.0 Å². The number of halogens is 2. The Labute approximate surface area is 94.1 Å². The zero-order valence-corrected chi connectivity index (χ0v) is 9.74. The van der Waals surface area contributed by atoms with Crippen molar-refractivity contribution in [3.05, 3.63) is 40.2 Å². The summed E-state index contributed by atoms with van der Waals surface area (Å²) in [7, 11) is 0. The molecule has 1 rings (SSSR count). The van der Waals surface area contributed by atoms with Crippen LogP contribution in [0.4, 0.5) is 4.39 Å². The van der Waals surface area contributed by atoms with E-state index >= 15 is 0 Å². The molecule has 0 spiro atoms. The maximum atomic E-state index is 12.9. The maximum Gasteiger partial charge on any atom is 0.124 e. The van der Waals surface area contributed by atoms with E-state index in [0.29, 0.717) is 16.3 Å². The molecule has 0 amide bonds. The van der Waals surface area contributed by atoms with Gasteiger partial charge in [0.2, 0.25) is 0 Å². The van der Waals surface area contributed by atoms with Gasteiger partial charge >= 0.3 is 0 Å². The summed E-state index contributed by atoms with van der Waals surface area (Å²) in [5, 5.41) is 8.00. The summed E-state index contributed by atoms with van der Waals surface area (Å²) in [5.74, 6) is -0.362. The SMILES string of the molecule is CC(=N)C(=C(C)C)c1ccc(F)cc1Cl. The third-order valence-corrected chi connectivity index (χ3v) is 2.39. The summed E-state index contributed by atoms with van der Waals surface area (Å²) in [6.07, 6.45) is 0. The van der Waals surface area contributed by atoms with E-state index in [1.165, 1.54) is 12.1 Å². The maximum absolute atomic E-state index is 12.9. The number of hydrogen-bond donors (Lipinski definition) is 1. The molecule has 1 aromatic rings. The Morgan fingerprint density at radius 2 is 1.87 bits per heavy atom. The molecule has 1 N–H and O–H groups in total. The number of allylic oxidation sites excluding steroid dienone is 2. The van der Waals surface area contributed by atoms with Crippen LogP contribution in [-0.4, -0.2) is 5.71 Å². The lowest BCUT2D eigenvalue weighted by molar-refractivity contribution is 0.628. The normalized spacial score (nSPS) is 9.93. The van der Waals surface area contributed by atoms with Crippen molar-refractivity contribution in [2.24, 2.45) is 0 Å². The van der Waals surface area contributed by atoms with Gasteiger partial charge in [0, 0.05) is 16.8 Å². The first-order chi connectivity index (χ1) is 6.93.